The van der Waals surface area contributed by atoms with E-state index in [1.807, 2.05) is 0 Å². The molecule has 0 aromatic carbocycles. The topological polar surface area (TPSA) is 29.3 Å². The Bertz CT molecular complexity index is 130. The minimum absolute atomic E-state index is 0.416. The minimum Gasteiger partial charge on any atom is -0.326 e. The summed E-state index contributed by atoms with van der Waals surface area (Å²) in [6.07, 6.45) is 6.75. The molecule has 13 heavy (non-hydrogen) atoms. The zero-order chi connectivity index (χ0) is 9.68. The Morgan fingerprint density at radius 2 is 2.00 bits per heavy atom. The van der Waals surface area contributed by atoms with Crippen molar-refractivity contribution in [3.63, 3.8) is 0 Å². The molecule has 1 rings (SSSR count). The van der Waals surface area contributed by atoms with Crippen LogP contribution in [0.25, 0.3) is 0 Å². The average Bonchev–Trinajstić information content (AvgIpc) is 2.55. The standard InChI is InChI=1S/C11H24N2/c1-3-8-13(2)9-11(12)10-6-4-5-7-10/h10-11H,3-9,12H2,1-2H3. The molecule has 0 aromatic rings. The van der Waals surface area contributed by atoms with Crippen molar-refractivity contribution in [3.8, 4) is 0 Å². The Kier molecular flexibility index (Phi) is 4.74. The third-order valence-corrected chi connectivity index (χ3v) is 3.13. The fraction of sp³-hybridized carbons (Fsp3) is 1.00. The molecule has 0 aromatic heterocycles. The quantitative estimate of drug-likeness (QED) is 0.706. The molecule has 2 nitrogen and oxygen atoms in total. The monoisotopic (exact) mass is 184 g/mol. The predicted octanol–water partition coefficient (Wildman–Crippen LogP) is 1.85. The molecule has 2 heteroatoms. The first-order valence-corrected chi connectivity index (χ1v) is 5.68. The lowest BCUT2D eigenvalue weighted by molar-refractivity contribution is 0.271. The molecule has 0 bridgehead atoms. The van der Waals surface area contributed by atoms with Gasteiger partial charge >= 0.3 is 0 Å². The number of hydrogen-bond acceptors (Lipinski definition) is 2. The number of likely N-dealkylation sites (N-methyl/N-ethyl adjacent to an activating group) is 1. The fourth-order valence-electron chi connectivity index (χ4n) is 2.37. The zero-order valence-corrected chi connectivity index (χ0v) is 9.13. The second kappa shape index (κ2) is 5.61. The molecule has 1 atom stereocenters. The van der Waals surface area contributed by atoms with Gasteiger partial charge in [-0.15, -0.1) is 0 Å². The molecule has 0 saturated heterocycles. The van der Waals surface area contributed by atoms with Crippen LogP contribution in [0.15, 0.2) is 0 Å². The summed E-state index contributed by atoms with van der Waals surface area (Å²) in [6, 6.07) is 0.416. The third-order valence-electron chi connectivity index (χ3n) is 3.13. The van der Waals surface area contributed by atoms with Gasteiger partial charge in [-0.05, 0) is 38.8 Å². The summed E-state index contributed by atoms with van der Waals surface area (Å²) < 4.78 is 0. The van der Waals surface area contributed by atoms with Gasteiger partial charge in [0.15, 0.2) is 0 Å². The molecule has 0 amide bonds. The van der Waals surface area contributed by atoms with Gasteiger partial charge in [-0.25, -0.2) is 0 Å². The maximum atomic E-state index is 6.17. The smallest absolute Gasteiger partial charge is 0.0196 e. The van der Waals surface area contributed by atoms with Crippen LogP contribution in [0, 0.1) is 5.92 Å². The van der Waals surface area contributed by atoms with Gasteiger partial charge in [-0.1, -0.05) is 19.8 Å². The highest BCUT2D eigenvalue weighted by Gasteiger charge is 2.22. The number of nitrogens with zero attached hydrogens (tertiary/aromatic N) is 1. The van der Waals surface area contributed by atoms with Crippen molar-refractivity contribution in [1.29, 1.82) is 0 Å². The van der Waals surface area contributed by atoms with Gasteiger partial charge < -0.3 is 10.6 Å². The first kappa shape index (κ1) is 11.0. The molecule has 1 aliphatic rings. The average molecular weight is 184 g/mol. The second-order valence-corrected chi connectivity index (χ2v) is 4.47. The molecule has 1 saturated carbocycles. The van der Waals surface area contributed by atoms with Gasteiger partial charge in [-0.3, -0.25) is 0 Å². The highest BCUT2D eigenvalue weighted by Crippen LogP contribution is 2.26. The lowest BCUT2D eigenvalue weighted by Gasteiger charge is -2.24. The summed E-state index contributed by atoms with van der Waals surface area (Å²) in [4.78, 5) is 2.36. The molecular formula is C11H24N2. The van der Waals surface area contributed by atoms with E-state index >= 15 is 0 Å². The normalized spacial score (nSPS) is 21.2. The summed E-state index contributed by atoms with van der Waals surface area (Å²) in [5.74, 6) is 0.805. The van der Waals surface area contributed by atoms with Crippen molar-refractivity contribution >= 4 is 0 Å². The van der Waals surface area contributed by atoms with E-state index in [0.717, 1.165) is 12.5 Å². The lowest BCUT2D eigenvalue weighted by atomic mass is 9.99. The Morgan fingerprint density at radius 3 is 2.54 bits per heavy atom. The maximum Gasteiger partial charge on any atom is 0.0196 e. The zero-order valence-electron chi connectivity index (χ0n) is 9.13. The molecule has 0 spiro atoms. The van der Waals surface area contributed by atoms with Crippen molar-refractivity contribution < 1.29 is 0 Å². The summed E-state index contributed by atoms with van der Waals surface area (Å²) >= 11 is 0. The van der Waals surface area contributed by atoms with Crippen molar-refractivity contribution in [1.82, 2.24) is 4.90 Å². The van der Waals surface area contributed by atoms with E-state index in [-0.39, 0.29) is 0 Å². The van der Waals surface area contributed by atoms with Crippen LogP contribution in [0.3, 0.4) is 0 Å². The van der Waals surface area contributed by atoms with Gasteiger partial charge in [0.25, 0.3) is 0 Å². The maximum absolute atomic E-state index is 6.17. The molecular weight excluding hydrogens is 160 g/mol. The van der Waals surface area contributed by atoms with E-state index in [9.17, 15) is 0 Å². The predicted molar refractivity (Wildman–Crippen MR) is 57.7 cm³/mol. The lowest BCUT2D eigenvalue weighted by Crippen LogP contribution is -2.40. The van der Waals surface area contributed by atoms with Crippen molar-refractivity contribution in [2.75, 3.05) is 20.1 Å². The Labute approximate surface area is 82.5 Å². The van der Waals surface area contributed by atoms with E-state index in [2.05, 4.69) is 18.9 Å². The van der Waals surface area contributed by atoms with E-state index in [1.54, 1.807) is 0 Å². The van der Waals surface area contributed by atoms with Gasteiger partial charge in [0.1, 0.15) is 0 Å². The summed E-state index contributed by atoms with van der Waals surface area (Å²) in [5, 5.41) is 0. The molecule has 0 aliphatic heterocycles. The van der Waals surface area contributed by atoms with Crippen LogP contribution in [0.4, 0.5) is 0 Å². The van der Waals surface area contributed by atoms with Crippen molar-refractivity contribution in [2.45, 2.75) is 45.1 Å². The van der Waals surface area contributed by atoms with Crippen LogP contribution in [0.5, 0.6) is 0 Å². The van der Waals surface area contributed by atoms with Gasteiger partial charge in [0, 0.05) is 12.6 Å². The van der Waals surface area contributed by atoms with Crippen LogP contribution >= 0.6 is 0 Å². The van der Waals surface area contributed by atoms with E-state index in [0.29, 0.717) is 6.04 Å². The third kappa shape index (κ3) is 3.65. The first-order valence-electron chi connectivity index (χ1n) is 5.68. The molecule has 78 valence electrons. The van der Waals surface area contributed by atoms with Crippen LogP contribution in [0.2, 0.25) is 0 Å². The van der Waals surface area contributed by atoms with E-state index in [1.165, 1.54) is 38.6 Å². The number of nitrogens with two attached hydrogens (primary N) is 1. The first-order chi connectivity index (χ1) is 6.24. The number of hydrogen-bond donors (Lipinski definition) is 1. The Hall–Kier alpha value is -0.0800. The van der Waals surface area contributed by atoms with Crippen molar-refractivity contribution in [2.24, 2.45) is 11.7 Å². The molecule has 0 heterocycles. The summed E-state index contributed by atoms with van der Waals surface area (Å²) in [5.41, 5.74) is 6.17. The van der Waals surface area contributed by atoms with Crippen LogP contribution in [0.1, 0.15) is 39.0 Å². The fourth-order valence-corrected chi connectivity index (χ4v) is 2.37. The van der Waals surface area contributed by atoms with Crippen LogP contribution < -0.4 is 5.73 Å². The van der Waals surface area contributed by atoms with Crippen molar-refractivity contribution in [3.05, 3.63) is 0 Å². The summed E-state index contributed by atoms with van der Waals surface area (Å²) in [6.45, 7) is 4.48. The molecule has 0 radical (unpaired) electrons. The van der Waals surface area contributed by atoms with Gasteiger partial charge in [0.2, 0.25) is 0 Å². The van der Waals surface area contributed by atoms with E-state index < -0.39 is 0 Å². The van der Waals surface area contributed by atoms with Crippen LogP contribution in [-0.4, -0.2) is 31.1 Å². The molecule has 2 N–H and O–H groups in total. The SMILES string of the molecule is CCCN(C)CC(N)C1CCCC1. The minimum atomic E-state index is 0.416. The number of rotatable bonds is 5. The highest BCUT2D eigenvalue weighted by molar-refractivity contribution is 4.79. The molecule has 1 aliphatic carbocycles. The van der Waals surface area contributed by atoms with Crippen LogP contribution in [-0.2, 0) is 0 Å². The van der Waals surface area contributed by atoms with Gasteiger partial charge in [0.05, 0.1) is 0 Å². The Morgan fingerprint density at radius 1 is 1.38 bits per heavy atom. The Balaban J connectivity index is 2.18. The van der Waals surface area contributed by atoms with Gasteiger partial charge in [-0.2, -0.15) is 0 Å². The second-order valence-electron chi connectivity index (χ2n) is 4.47. The highest BCUT2D eigenvalue weighted by atomic mass is 15.1. The van der Waals surface area contributed by atoms with E-state index in [4.69, 9.17) is 5.73 Å². The largest absolute Gasteiger partial charge is 0.326 e. The summed E-state index contributed by atoms with van der Waals surface area (Å²) in [7, 11) is 2.18. The molecule has 1 fully saturated rings. The molecule has 1 unspecified atom stereocenters.